The van der Waals surface area contributed by atoms with E-state index < -0.39 is 0 Å². The molecule has 0 unspecified atom stereocenters. The third-order valence-corrected chi connectivity index (χ3v) is 3.00. The first-order valence-electron chi connectivity index (χ1n) is 5.13. The van der Waals surface area contributed by atoms with Crippen molar-refractivity contribution in [3.8, 4) is 0 Å². The third kappa shape index (κ3) is 3.05. The van der Waals surface area contributed by atoms with Crippen molar-refractivity contribution >= 4 is 22.6 Å². The zero-order chi connectivity index (χ0) is 11.4. The molecule has 0 aliphatic carbocycles. The van der Waals surface area contributed by atoms with Crippen LogP contribution in [0, 0.1) is 3.77 Å². The second kappa shape index (κ2) is 5.45. The number of hydrogen-bond donors (Lipinski definition) is 1. The maximum atomic E-state index is 5.48. The van der Waals surface area contributed by atoms with Crippen LogP contribution in [-0.4, -0.2) is 4.98 Å². The van der Waals surface area contributed by atoms with Crippen LogP contribution in [0.5, 0.6) is 0 Å². The van der Waals surface area contributed by atoms with Gasteiger partial charge in [0.1, 0.15) is 5.76 Å². The van der Waals surface area contributed by atoms with Crippen molar-refractivity contribution in [3.63, 3.8) is 0 Å². The van der Waals surface area contributed by atoms with Crippen LogP contribution < -0.4 is 5.32 Å². The van der Waals surface area contributed by atoms with Crippen LogP contribution in [-0.2, 0) is 6.54 Å². The first-order valence-corrected chi connectivity index (χ1v) is 6.21. The van der Waals surface area contributed by atoms with Gasteiger partial charge in [0.25, 0.3) is 0 Å². The van der Waals surface area contributed by atoms with Crippen LogP contribution in [0.2, 0.25) is 0 Å². The van der Waals surface area contributed by atoms with E-state index in [1.165, 1.54) is 5.56 Å². The Bertz CT molecular complexity index is 441. The lowest BCUT2D eigenvalue weighted by Gasteiger charge is -2.12. The molecule has 0 aliphatic heterocycles. The number of furan rings is 1. The largest absolute Gasteiger partial charge is 0.454 e. The van der Waals surface area contributed by atoms with Crippen LogP contribution >= 0.6 is 22.6 Å². The van der Waals surface area contributed by atoms with Gasteiger partial charge in [-0.15, -0.1) is 0 Å². The highest BCUT2D eigenvalue weighted by Gasteiger charge is 2.05. The Kier molecular flexibility index (Phi) is 3.95. The minimum absolute atomic E-state index is 0.297. The zero-order valence-electron chi connectivity index (χ0n) is 8.98. The van der Waals surface area contributed by atoms with E-state index in [9.17, 15) is 0 Å². The summed E-state index contributed by atoms with van der Waals surface area (Å²) in [6, 6.07) is 8.29. The van der Waals surface area contributed by atoms with Gasteiger partial charge in [0.2, 0.25) is 0 Å². The average Bonchev–Trinajstić information content (AvgIpc) is 2.73. The molecule has 1 atom stereocenters. The molecule has 0 amide bonds. The van der Waals surface area contributed by atoms with E-state index in [1.54, 1.807) is 0 Å². The Morgan fingerprint density at radius 1 is 1.31 bits per heavy atom. The van der Waals surface area contributed by atoms with Gasteiger partial charge in [0.05, 0.1) is 6.54 Å². The molecule has 2 aromatic rings. The fraction of sp³-hybridized carbons (Fsp3) is 0.250. The molecule has 2 heterocycles. The normalized spacial score (nSPS) is 12.6. The Hall–Kier alpha value is -0.880. The second-order valence-corrected chi connectivity index (χ2v) is 4.65. The van der Waals surface area contributed by atoms with Crippen molar-refractivity contribution in [2.24, 2.45) is 0 Å². The fourth-order valence-corrected chi connectivity index (χ4v) is 1.93. The highest BCUT2D eigenvalue weighted by atomic mass is 127. The quantitative estimate of drug-likeness (QED) is 0.877. The summed E-state index contributed by atoms with van der Waals surface area (Å²) < 4.78 is 6.40. The van der Waals surface area contributed by atoms with E-state index in [2.05, 4.69) is 39.8 Å². The Morgan fingerprint density at radius 2 is 2.06 bits per heavy atom. The van der Waals surface area contributed by atoms with Crippen molar-refractivity contribution in [2.45, 2.75) is 19.5 Å². The number of pyridine rings is 1. The van der Waals surface area contributed by atoms with Crippen molar-refractivity contribution in [1.82, 2.24) is 10.3 Å². The van der Waals surface area contributed by atoms with Gasteiger partial charge in [-0.3, -0.25) is 4.98 Å². The van der Waals surface area contributed by atoms with Crippen molar-refractivity contribution < 1.29 is 4.42 Å². The van der Waals surface area contributed by atoms with E-state index in [0.29, 0.717) is 6.04 Å². The third-order valence-electron chi connectivity index (χ3n) is 2.42. The molecule has 1 N–H and O–H groups in total. The molecule has 0 aliphatic rings. The molecular formula is C12H13IN2O. The van der Waals surface area contributed by atoms with Crippen LogP contribution in [0.15, 0.2) is 41.1 Å². The zero-order valence-corrected chi connectivity index (χ0v) is 11.1. The van der Waals surface area contributed by atoms with Gasteiger partial charge in [0, 0.05) is 18.4 Å². The number of aromatic nitrogens is 1. The molecule has 0 aromatic carbocycles. The van der Waals surface area contributed by atoms with Gasteiger partial charge in [0.15, 0.2) is 3.77 Å². The summed E-state index contributed by atoms with van der Waals surface area (Å²) in [6.45, 7) is 2.87. The Morgan fingerprint density at radius 3 is 2.69 bits per heavy atom. The van der Waals surface area contributed by atoms with Gasteiger partial charge in [-0.05, 0) is 59.3 Å². The predicted molar refractivity (Wildman–Crippen MR) is 70.9 cm³/mol. The molecule has 0 radical (unpaired) electrons. The van der Waals surface area contributed by atoms with Gasteiger partial charge >= 0.3 is 0 Å². The lowest BCUT2D eigenvalue weighted by Crippen LogP contribution is -2.17. The summed E-state index contributed by atoms with van der Waals surface area (Å²) in [7, 11) is 0. The van der Waals surface area contributed by atoms with Gasteiger partial charge in [-0.1, -0.05) is 0 Å². The van der Waals surface area contributed by atoms with Crippen LogP contribution in [0.4, 0.5) is 0 Å². The summed E-state index contributed by atoms with van der Waals surface area (Å²) in [6.07, 6.45) is 3.62. The molecule has 3 nitrogen and oxygen atoms in total. The van der Waals surface area contributed by atoms with E-state index >= 15 is 0 Å². The van der Waals surface area contributed by atoms with Crippen molar-refractivity contribution in [3.05, 3.63) is 51.7 Å². The summed E-state index contributed by atoms with van der Waals surface area (Å²) in [5, 5.41) is 3.40. The fourth-order valence-electron chi connectivity index (χ4n) is 1.47. The number of halogens is 1. The standard InChI is InChI=1S/C12H13IN2O/c1-9(10-4-6-14-7-5-10)15-8-11-2-3-12(13)16-11/h2-7,9,15H,8H2,1H3/t9-/m1/s1. The summed E-state index contributed by atoms with van der Waals surface area (Å²) >= 11 is 2.17. The maximum Gasteiger partial charge on any atom is 0.164 e. The van der Waals surface area contributed by atoms with Crippen LogP contribution in [0.3, 0.4) is 0 Å². The van der Waals surface area contributed by atoms with E-state index in [-0.39, 0.29) is 0 Å². The molecule has 0 fully saturated rings. The molecular weight excluding hydrogens is 315 g/mol. The topological polar surface area (TPSA) is 38.1 Å². The van der Waals surface area contributed by atoms with E-state index in [1.807, 2.05) is 36.7 Å². The number of rotatable bonds is 4. The lowest BCUT2D eigenvalue weighted by atomic mass is 10.1. The maximum absolute atomic E-state index is 5.48. The van der Waals surface area contributed by atoms with E-state index in [4.69, 9.17) is 4.42 Å². The minimum atomic E-state index is 0.297. The van der Waals surface area contributed by atoms with Gasteiger partial charge in [-0.2, -0.15) is 0 Å². The molecule has 0 bridgehead atoms. The van der Waals surface area contributed by atoms with Crippen molar-refractivity contribution in [1.29, 1.82) is 0 Å². The summed E-state index contributed by atoms with van der Waals surface area (Å²) in [5.74, 6) is 0.963. The smallest absolute Gasteiger partial charge is 0.164 e. The summed E-state index contributed by atoms with van der Waals surface area (Å²) in [4.78, 5) is 4.00. The first kappa shape index (κ1) is 11.6. The lowest BCUT2D eigenvalue weighted by molar-refractivity contribution is 0.445. The number of hydrogen-bond acceptors (Lipinski definition) is 3. The number of nitrogens with zero attached hydrogens (tertiary/aromatic N) is 1. The average molecular weight is 328 g/mol. The Balaban J connectivity index is 1.91. The molecule has 84 valence electrons. The molecule has 0 saturated carbocycles. The summed E-state index contributed by atoms with van der Waals surface area (Å²) in [5.41, 5.74) is 1.23. The highest BCUT2D eigenvalue weighted by Crippen LogP contribution is 2.13. The Labute approximate surface area is 108 Å². The highest BCUT2D eigenvalue weighted by molar-refractivity contribution is 14.1. The predicted octanol–water partition coefficient (Wildman–Crippen LogP) is 3.13. The number of nitrogens with one attached hydrogen (secondary N) is 1. The van der Waals surface area contributed by atoms with Crippen LogP contribution in [0.1, 0.15) is 24.3 Å². The molecule has 2 rings (SSSR count). The van der Waals surface area contributed by atoms with Gasteiger partial charge in [-0.25, -0.2) is 0 Å². The molecule has 2 aromatic heterocycles. The van der Waals surface area contributed by atoms with Crippen LogP contribution in [0.25, 0.3) is 0 Å². The van der Waals surface area contributed by atoms with E-state index in [0.717, 1.165) is 16.1 Å². The molecule has 0 saturated heterocycles. The SMILES string of the molecule is C[C@@H](NCc1ccc(I)o1)c1ccncc1. The van der Waals surface area contributed by atoms with Crippen molar-refractivity contribution in [2.75, 3.05) is 0 Å². The minimum Gasteiger partial charge on any atom is -0.454 e. The molecule has 4 heteroatoms. The monoisotopic (exact) mass is 328 g/mol. The van der Waals surface area contributed by atoms with Gasteiger partial charge < -0.3 is 9.73 Å². The molecule has 16 heavy (non-hydrogen) atoms. The first-order chi connectivity index (χ1) is 7.75. The second-order valence-electron chi connectivity index (χ2n) is 3.59. The molecule has 0 spiro atoms.